The number of hydrogen-bond donors (Lipinski definition) is 0. The van der Waals surface area contributed by atoms with Crippen LogP contribution in [0.4, 0.5) is 0 Å². The first-order valence-electron chi connectivity index (χ1n) is 11.6. The second kappa shape index (κ2) is 10.0. The van der Waals surface area contributed by atoms with Gasteiger partial charge in [0.05, 0.1) is 6.42 Å². The normalized spacial score (nSPS) is 21.5. The van der Waals surface area contributed by atoms with Crippen LogP contribution >= 0.6 is 11.3 Å². The molecule has 9 heteroatoms. The Morgan fingerprint density at radius 2 is 1.45 bits per heavy atom. The van der Waals surface area contributed by atoms with Crippen LogP contribution in [0, 0.1) is 5.92 Å². The van der Waals surface area contributed by atoms with Gasteiger partial charge < -0.3 is 9.80 Å². The molecule has 0 spiro atoms. The van der Waals surface area contributed by atoms with E-state index in [1.54, 1.807) is 21.3 Å². The number of amides is 2. The second-order valence-corrected chi connectivity index (χ2v) is 12.3. The van der Waals surface area contributed by atoms with E-state index in [1.807, 2.05) is 4.90 Å². The van der Waals surface area contributed by atoms with Crippen LogP contribution in [0.25, 0.3) is 0 Å². The zero-order valence-electron chi connectivity index (χ0n) is 18.1. The Morgan fingerprint density at radius 1 is 0.839 bits per heavy atom. The minimum Gasteiger partial charge on any atom is -0.339 e. The van der Waals surface area contributed by atoms with Crippen LogP contribution in [-0.4, -0.2) is 73.6 Å². The lowest BCUT2D eigenvalue weighted by Gasteiger charge is -2.35. The Balaban J connectivity index is 1.27. The van der Waals surface area contributed by atoms with E-state index in [0.717, 1.165) is 24.1 Å². The van der Waals surface area contributed by atoms with Crippen molar-refractivity contribution in [2.24, 2.45) is 5.92 Å². The molecule has 0 aromatic carbocycles. The molecule has 1 aromatic heterocycles. The molecule has 7 nitrogen and oxygen atoms in total. The molecule has 31 heavy (non-hydrogen) atoms. The van der Waals surface area contributed by atoms with Crippen molar-refractivity contribution >= 4 is 33.2 Å². The maximum absolute atomic E-state index is 12.8. The SMILES string of the molecule is O=C(Cc1ccc(S(=O)(=O)N2CCCCC2)s1)N1CCN(C(=O)CC2CCCC2)CC1. The molecule has 3 fully saturated rings. The van der Waals surface area contributed by atoms with Gasteiger partial charge in [-0.1, -0.05) is 19.3 Å². The first kappa shape index (κ1) is 22.7. The number of carbonyl (C=O) groups is 2. The lowest BCUT2D eigenvalue weighted by Crippen LogP contribution is -2.51. The van der Waals surface area contributed by atoms with E-state index in [-0.39, 0.29) is 18.2 Å². The zero-order chi connectivity index (χ0) is 21.8. The van der Waals surface area contributed by atoms with Crippen molar-refractivity contribution in [1.82, 2.24) is 14.1 Å². The summed E-state index contributed by atoms with van der Waals surface area (Å²) in [6, 6.07) is 3.40. The first-order valence-corrected chi connectivity index (χ1v) is 13.8. The van der Waals surface area contributed by atoms with Crippen LogP contribution in [0.5, 0.6) is 0 Å². The Hall–Kier alpha value is -1.45. The third-order valence-electron chi connectivity index (χ3n) is 6.79. The third-order valence-corrected chi connectivity index (χ3v) is 10.2. The number of sulfonamides is 1. The molecule has 2 aliphatic heterocycles. The summed E-state index contributed by atoms with van der Waals surface area (Å²) in [5.41, 5.74) is 0. The maximum atomic E-state index is 12.8. The van der Waals surface area contributed by atoms with Gasteiger partial charge in [-0.3, -0.25) is 9.59 Å². The number of hydrogen-bond acceptors (Lipinski definition) is 5. The molecule has 3 heterocycles. The molecule has 1 saturated carbocycles. The smallest absolute Gasteiger partial charge is 0.252 e. The third kappa shape index (κ3) is 5.49. The van der Waals surface area contributed by atoms with Crippen molar-refractivity contribution < 1.29 is 18.0 Å². The van der Waals surface area contributed by atoms with Crippen molar-refractivity contribution in [3.63, 3.8) is 0 Å². The predicted molar refractivity (Wildman–Crippen MR) is 120 cm³/mol. The molecule has 0 unspecified atom stereocenters. The molecule has 2 saturated heterocycles. The van der Waals surface area contributed by atoms with Crippen molar-refractivity contribution in [1.29, 1.82) is 0 Å². The van der Waals surface area contributed by atoms with Gasteiger partial charge in [0.2, 0.25) is 11.8 Å². The molecule has 0 bridgehead atoms. The molecule has 172 valence electrons. The van der Waals surface area contributed by atoms with Crippen molar-refractivity contribution in [2.45, 2.75) is 62.0 Å². The number of piperidine rings is 1. The molecule has 0 atom stereocenters. The van der Waals surface area contributed by atoms with Crippen LogP contribution in [0.3, 0.4) is 0 Å². The van der Waals surface area contributed by atoms with Crippen molar-refractivity contribution in [3.8, 4) is 0 Å². The van der Waals surface area contributed by atoms with Crippen molar-refractivity contribution in [2.75, 3.05) is 39.3 Å². The van der Waals surface area contributed by atoms with Gasteiger partial charge in [-0.15, -0.1) is 11.3 Å². The monoisotopic (exact) mass is 467 g/mol. The van der Waals surface area contributed by atoms with Crippen LogP contribution < -0.4 is 0 Å². The highest BCUT2D eigenvalue weighted by atomic mass is 32.2. The van der Waals surface area contributed by atoms with E-state index < -0.39 is 10.0 Å². The number of nitrogens with zero attached hydrogens (tertiary/aromatic N) is 3. The summed E-state index contributed by atoms with van der Waals surface area (Å²) in [7, 11) is -3.45. The van der Waals surface area contributed by atoms with Gasteiger partial charge in [0.15, 0.2) is 0 Å². The van der Waals surface area contributed by atoms with Crippen LogP contribution in [-0.2, 0) is 26.0 Å². The molecular formula is C22H33N3O4S2. The standard InChI is InChI=1S/C22H33N3O4S2/c26-20(16-18-6-2-3-7-18)23-12-14-24(15-13-23)21(27)17-19-8-9-22(30-19)31(28,29)25-10-4-1-5-11-25/h8-9,18H,1-7,10-17H2. The summed E-state index contributed by atoms with van der Waals surface area (Å²) in [6.07, 6.45) is 8.58. The number of piperazine rings is 1. The van der Waals surface area contributed by atoms with Gasteiger partial charge in [0, 0.05) is 50.6 Å². The molecule has 4 rings (SSSR count). The highest BCUT2D eigenvalue weighted by Crippen LogP contribution is 2.29. The summed E-state index contributed by atoms with van der Waals surface area (Å²) in [6.45, 7) is 3.46. The summed E-state index contributed by atoms with van der Waals surface area (Å²) in [5, 5.41) is 0. The topological polar surface area (TPSA) is 78.0 Å². The van der Waals surface area contributed by atoms with E-state index in [1.165, 1.54) is 37.0 Å². The second-order valence-electron chi connectivity index (χ2n) is 8.98. The van der Waals surface area contributed by atoms with Gasteiger partial charge >= 0.3 is 0 Å². The number of rotatable bonds is 6. The van der Waals surface area contributed by atoms with Gasteiger partial charge in [-0.05, 0) is 43.7 Å². The van der Waals surface area contributed by atoms with Crippen LogP contribution in [0.2, 0.25) is 0 Å². The average molecular weight is 468 g/mol. The van der Waals surface area contributed by atoms with Crippen molar-refractivity contribution in [3.05, 3.63) is 17.0 Å². The largest absolute Gasteiger partial charge is 0.339 e. The van der Waals surface area contributed by atoms with Gasteiger partial charge in [0.1, 0.15) is 4.21 Å². The fraction of sp³-hybridized carbons (Fsp3) is 0.727. The minimum absolute atomic E-state index is 0.00617. The fourth-order valence-corrected chi connectivity index (χ4v) is 7.90. The Morgan fingerprint density at radius 3 is 2.10 bits per heavy atom. The molecule has 2 amide bonds. The van der Waals surface area contributed by atoms with Gasteiger partial charge in [0.25, 0.3) is 10.0 Å². The van der Waals surface area contributed by atoms with E-state index in [2.05, 4.69) is 0 Å². The van der Waals surface area contributed by atoms with Gasteiger partial charge in [-0.25, -0.2) is 8.42 Å². The van der Waals surface area contributed by atoms with Crippen LogP contribution in [0.15, 0.2) is 16.3 Å². The Bertz CT molecular complexity index is 878. The maximum Gasteiger partial charge on any atom is 0.252 e. The van der Waals surface area contributed by atoms with E-state index >= 15 is 0 Å². The lowest BCUT2D eigenvalue weighted by atomic mass is 10.0. The predicted octanol–water partition coefficient (Wildman–Crippen LogP) is 2.72. The summed E-state index contributed by atoms with van der Waals surface area (Å²) < 4.78 is 27.5. The summed E-state index contributed by atoms with van der Waals surface area (Å²) in [5.74, 6) is 0.776. The number of thiophene rings is 1. The first-order chi connectivity index (χ1) is 14.9. The Labute approximate surface area is 189 Å². The zero-order valence-corrected chi connectivity index (χ0v) is 19.8. The molecule has 1 aliphatic carbocycles. The molecule has 0 N–H and O–H groups in total. The molecule has 1 aromatic rings. The molecular weight excluding hydrogens is 434 g/mol. The fourth-order valence-electron chi connectivity index (χ4n) is 4.88. The minimum atomic E-state index is -3.45. The average Bonchev–Trinajstić information content (AvgIpc) is 3.47. The highest BCUT2D eigenvalue weighted by molar-refractivity contribution is 7.91. The quantitative estimate of drug-likeness (QED) is 0.645. The lowest BCUT2D eigenvalue weighted by molar-refractivity contribution is -0.139. The van der Waals surface area contributed by atoms with E-state index in [0.29, 0.717) is 55.8 Å². The molecule has 3 aliphatic rings. The van der Waals surface area contributed by atoms with E-state index in [4.69, 9.17) is 0 Å². The van der Waals surface area contributed by atoms with Gasteiger partial charge in [-0.2, -0.15) is 4.31 Å². The highest BCUT2D eigenvalue weighted by Gasteiger charge is 2.29. The van der Waals surface area contributed by atoms with Crippen LogP contribution in [0.1, 0.15) is 56.2 Å². The molecule has 0 radical (unpaired) electrons. The van der Waals surface area contributed by atoms with E-state index in [9.17, 15) is 18.0 Å². The Kier molecular flexibility index (Phi) is 7.33. The summed E-state index contributed by atoms with van der Waals surface area (Å²) >= 11 is 1.21. The summed E-state index contributed by atoms with van der Waals surface area (Å²) in [4.78, 5) is 29.7. The number of carbonyl (C=O) groups excluding carboxylic acids is 2.